The molecule has 2 rings (SSSR count). The van der Waals surface area contributed by atoms with E-state index in [9.17, 15) is 18.0 Å². The third-order valence-corrected chi connectivity index (χ3v) is 7.87. The number of carbonyl (C=O) groups is 2. The van der Waals surface area contributed by atoms with Crippen molar-refractivity contribution in [2.75, 3.05) is 17.1 Å². The minimum Gasteiger partial charge on any atom is -0.352 e. The van der Waals surface area contributed by atoms with Crippen LogP contribution in [-0.2, 0) is 26.2 Å². The number of nitrogens with zero attached hydrogens (tertiary/aromatic N) is 2. The van der Waals surface area contributed by atoms with E-state index >= 15 is 0 Å². The van der Waals surface area contributed by atoms with E-state index in [1.54, 1.807) is 17.0 Å². The summed E-state index contributed by atoms with van der Waals surface area (Å²) in [6.07, 6.45) is 2.85. The summed E-state index contributed by atoms with van der Waals surface area (Å²) in [5, 5.41) is 3.59. The molecule has 0 spiro atoms. The molecular weight excluding hydrogens is 510 g/mol. The Balaban J connectivity index is 2.25. The summed E-state index contributed by atoms with van der Waals surface area (Å²) in [7, 11) is -3.55. The lowest BCUT2D eigenvalue weighted by molar-refractivity contribution is -0.141. The average molecular weight is 550 g/mol. The number of benzene rings is 2. The zero-order valence-corrected chi connectivity index (χ0v) is 24.3. The van der Waals surface area contributed by atoms with Crippen molar-refractivity contribution in [1.82, 2.24) is 10.2 Å². The number of anilines is 1. The van der Waals surface area contributed by atoms with Crippen LogP contribution in [0.15, 0.2) is 42.5 Å². The van der Waals surface area contributed by atoms with Crippen molar-refractivity contribution >= 4 is 39.1 Å². The number of sulfonamides is 1. The van der Waals surface area contributed by atoms with E-state index in [-0.39, 0.29) is 37.4 Å². The Labute approximate surface area is 227 Å². The van der Waals surface area contributed by atoms with Crippen LogP contribution in [0.1, 0.15) is 63.1 Å². The number of hydrogen-bond donors (Lipinski definition) is 1. The molecule has 0 fully saturated rings. The van der Waals surface area contributed by atoms with Crippen molar-refractivity contribution in [3.05, 3.63) is 64.2 Å². The van der Waals surface area contributed by atoms with Gasteiger partial charge in [-0.1, -0.05) is 49.7 Å². The second-order valence-corrected chi connectivity index (χ2v) is 12.0. The average Bonchev–Trinajstić information content (AvgIpc) is 2.83. The first-order valence-electron chi connectivity index (χ1n) is 12.8. The molecule has 7 nitrogen and oxygen atoms in total. The number of aryl methyl sites for hydroxylation is 2. The van der Waals surface area contributed by atoms with Crippen LogP contribution >= 0.6 is 11.6 Å². The van der Waals surface area contributed by atoms with Gasteiger partial charge in [-0.15, -0.1) is 0 Å². The molecule has 0 bridgehead atoms. The summed E-state index contributed by atoms with van der Waals surface area (Å²) in [6.45, 7) is 10.0. The third kappa shape index (κ3) is 9.04. The van der Waals surface area contributed by atoms with Crippen molar-refractivity contribution in [3.8, 4) is 0 Å². The second kappa shape index (κ2) is 13.8. The van der Waals surface area contributed by atoms with E-state index in [1.807, 2.05) is 65.0 Å². The number of carbonyl (C=O) groups excluding carboxylic acids is 2. The summed E-state index contributed by atoms with van der Waals surface area (Å²) in [5.74, 6) is -0.386. The van der Waals surface area contributed by atoms with Crippen molar-refractivity contribution < 1.29 is 18.0 Å². The van der Waals surface area contributed by atoms with Crippen LogP contribution in [-0.4, -0.2) is 50.0 Å². The molecule has 0 heterocycles. The van der Waals surface area contributed by atoms with Gasteiger partial charge < -0.3 is 10.2 Å². The first-order chi connectivity index (χ1) is 17.4. The smallest absolute Gasteiger partial charge is 0.243 e. The second-order valence-electron chi connectivity index (χ2n) is 9.62. The van der Waals surface area contributed by atoms with Gasteiger partial charge in [0, 0.05) is 30.6 Å². The topological polar surface area (TPSA) is 86.8 Å². The molecule has 2 atom stereocenters. The van der Waals surface area contributed by atoms with Crippen LogP contribution in [0.25, 0.3) is 0 Å². The van der Waals surface area contributed by atoms with Crippen molar-refractivity contribution in [3.63, 3.8) is 0 Å². The molecule has 1 N–H and O–H groups in total. The Kier molecular flexibility index (Phi) is 11.4. The van der Waals surface area contributed by atoms with Gasteiger partial charge in [0.2, 0.25) is 21.8 Å². The normalized spacial score (nSPS) is 13.1. The quantitative estimate of drug-likeness (QED) is 0.371. The van der Waals surface area contributed by atoms with Gasteiger partial charge in [-0.25, -0.2) is 8.42 Å². The van der Waals surface area contributed by atoms with Crippen LogP contribution in [0.3, 0.4) is 0 Å². The maximum absolute atomic E-state index is 13.5. The molecule has 0 saturated heterocycles. The first-order valence-corrected chi connectivity index (χ1v) is 15.0. The van der Waals surface area contributed by atoms with Gasteiger partial charge >= 0.3 is 0 Å². The molecule has 2 amide bonds. The lowest BCUT2D eigenvalue weighted by atomic mass is 10.1. The zero-order valence-electron chi connectivity index (χ0n) is 22.8. The van der Waals surface area contributed by atoms with E-state index in [4.69, 9.17) is 11.6 Å². The molecule has 0 aliphatic rings. The first kappa shape index (κ1) is 30.6. The van der Waals surface area contributed by atoms with Crippen LogP contribution in [0.5, 0.6) is 0 Å². The number of rotatable bonds is 13. The van der Waals surface area contributed by atoms with Crippen LogP contribution in [0.2, 0.25) is 5.02 Å². The fraction of sp³-hybridized carbons (Fsp3) is 0.500. The van der Waals surface area contributed by atoms with Gasteiger partial charge in [0.05, 0.1) is 11.9 Å². The Bertz CT molecular complexity index is 1170. The molecule has 0 radical (unpaired) electrons. The Hall–Kier alpha value is -2.58. The van der Waals surface area contributed by atoms with Crippen LogP contribution in [0, 0.1) is 13.8 Å². The van der Waals surface area contributed by atoms with E-state index in [0.29, 0.717) is 23.6 Å². The maximum atomic E-state index is 13.5. The molecule has 0 aliphatic heterocycles. The molecule has 0 saturated carbocycles. The van der Waals surface area contributed by atoms with Crippen molar-refractivity contribution in [2.24, 2.45) is 0 Å². The summed E-state index contributed by atoms with van der Waals surface area (Å²) >= 11 is 6.03. The number of halogens is 1. The Morgan fingerprint density at radius 2 is 1.68 bits per heavy atom. The molecule has 9 heteroatoms. The van der Waals surface area contributed by atoms with Gasteiger partial charge in [0.25, 0.3) is 0 Å². The highest BCUT2D eigenvalue weighted by molar-refractivity contribution is 7.92. The van der Waals surface area contributed by atoms with Crippen molar-refractivity contribution in [1.29, 1.82) is 0 Å². The summed E-state index contributed by atoms with van der Waals surface area (Å²) in [5.41, 5.74) is 3.28. The molecular formula is C28H40ClN3O4S. The predicted molar refractivity (Wildman–Crippen MR) is 151 cm³/mol. The highest BCUT2D eigenvalue weighted by Gasteiger charge is 2.29. The highest BCUT2D eigenvalue weighted by Crippen LogP contribution is 2.25. The predicted octanol–water partition coefficient (Wildman–Crippen LogP) is 5.23. The SMILES string of the molecule is CCC(C)NC(=O)C(CC)N(Cc1ccc(Cl)cc1)C(=O)CCCN(c1cc(C)ccc1C)S(C)(=O)=O. The molecule has 37 heavy (non-hydrogen) atoms. The molecule has 0 aromatic heterocycles. The fourth-order valence-electron chi connectivity index (χ4n) is 4.12. The Morgan fingerprint density at radius 3 is 2.24 bits per heavy atom. The van der Waals surface area contributed by atoms with Gasteiger partial charge in [-0.3, -0.25) is 13.9 Å². The van der Waals surface area contributed by atoms with Crippen LogP contribution in [0.4, 0.5) is 5.69 Å². The highest BCUT2D eigenvalue weighted by atomic mass is 35.5. The number of hydrogen-bond acceptors (Lipinski definition) is 4. The summed E-state index contributed by atoms with van der Waals surface area (Å²) < 4.78 is 26.6. The molecule has 2 unspecified atom stereocenters. The summed E-state index contributed by atoms with van der Waals surface area (Å²) in [4.78, 5) is 28.2. The minimum absolute atomic E-state index is 0.00470. The van der Waals surface area contributed by atoms with E-state index in [2.05, 4.69) is 5.32 Å². The van der Waals surface area contributed by atoms with Gasteiger partial charge in [-0.2, -0.15) is 0 Å². The largest absolute Gasteiger partial charge is 0.352 e. The maximum Gasteiger partial charge on any atom is 0.243 e. The lowest BCUT2D eigenvalue weighted by Crippen LogP contribution is -2.50. The number of amides is 2. The molecule has 2 aromatic carbocycles. The van der Waals surface area contributed by atoms with E-state index in [0.717, 1.165) is 23.1 Å². The lowest BCUT2D eigenvalue weighted by Gasteiger charge is -2.32. The number of nitrogens with one attached hydrogen (secondary N) is 1. The third-order valence-electron chi connectivity index (χ3n) is 6.44. The standard InChI is InChI=1S/C28H40ClN3O4S/c1-7-22(5)30-28(34)25(8-2)31(19-23-13-15-24(29)16-14-23)27(33)10-9-17-32(37(6,35)36)26-18-20(3)11-12-21(26)4/h11-16,18,22,25H,7-10,17,19H2,1-6H3,(H,30,34). The van der Waals surface area contributed by atoms with Gasteiger partial charge in [0.1, 0.15) is 6.04 Å². The fourth-order valence-corrected chi connectivity index (χ4v) is 5.26. The zero-order chi connectivity index (χ0) is 27.8. The Morgan fingerprint density at radius 1 is 1.03 bits per heavy atom. The molecule has 0 aliphatic carbocycles. The van der Waals surface area contributed by atoms with Gasteiger partial charge in [0.15, 0.2) is 0 Å². The van der Waals surface area contributed by atoms with E-state index < -0.39 is 16.1 Å². The van der Waals surface area contributed by atoms with E-state index in [1.165, 1.54) is 10.6 Å². The molecule has 204 valence electrons. The minimum atomic E-state index is -3.55. The van der Waals surface area contributed by atoms with Gasteiger partial charge in [-0.05, 0) is 74.9 Å². The monoisotopic (exact) mass is 549 g/mol. The molecule has 2 aromatic rings. The van der Waals surface area contributed by atoms with Crippen molar-refractivity contribution in [2.45, 2.75) is 78.9 Å². The summed E-state index contributed by atoms with van der Waals surface area (Å²) in [6, 6.07) is 12.2. The van der Waals surface area contributed by atoms with Crippen LogP contribution < -0.4 is 9.62 Å².